The minimum atomic E-state index is 0.0605. The first kappa shape index (κ1) is 13.8. The van der Waals surface area contributed by atoms with Crippen molar-refractivity contribution in [1.29, 1.82) is 0 Å². The topological polar surface area (TPSA) is 38.5 Å². The second-order valence-corrected chi connectivity index (χ2v) is 5.33. The average Bonchev–Trinajstić information content (AvgIpc) is 2.84. The van der Waals surface area contributed by atoms with Crippen LogP contribution in [0.15, 0.2) is 24.3 Å². The highest BCUT2D eigenvalue weighted by Gasteiger charge is 2.22. The standard InChI is InChI=1S/C14H21ClN2O/c1-18-13-5-7-17(10-13)8-6-14(16)11-3-2-4-12(15)9-11/h2-4,9,13-14H,5-8,10,16H2,1H3. The molecule has 1 aromatic carbocycles. The third kappa shape index (κ3) is 3.69. The predicted octanol–water partition coefficient (Wildman–Crippen LogP) is 2.45. The van der Waals surface area contributed by atoms with Crippen molar-refractivity contribution in [2.75, 3.05) is 26.7 Å². The highest BCUT2D eigenvalue weighted by atomic mass is 35.5. The van der Waals surface area contributed by atoms with Crippen molar-refractivity contribution in [3.63, 3.8) is 0 Å². The Kier molecular flexibility index (Phi) is 5.01. The fourth-order valence-electron chi connectivity index (χ4n) is 2.42. The van der Waals surface area contributed by atoms with E-state index in [-0.39, 0.29) is 6.04 Å². The molecule has 18 heavy (non-hydrogen) atoms. The van der Waals surface area contributed by atoms with Gasteiger partial charge in [-0.3, -0.25) is 0 Å². The third-order valence-corrected chi connectivity index (χ3v) is 3.83. The Labute approximate surface area is 114 Å². The molecular weight excluding hydrogens is 248 g/mol. The normalized spacial score (nSPS) is 22.3. The number of benzene rings is 1. The van der Waals surface area contributed by atoms with Crippen LogP contribution in [0.25, 0.3) is 0 Å². The number of hydrogen-bond donors (Lipinski definition) is 1. The predicted molar refractivity (Wildman–Crippen MR) is 74.9 cm³/mol. The highest BCUT2D eigenvalue weighted by Crippen LogP contribution is 2.20. The summed E-state index contributed by atoms with van der Waals surface area (Å²) in [5.41, 5.74) is 7.31. The second-order valence-electron chi connectivity index (χ2n) is 4.90. The maximum Gasteiger partial charge on any atom is 0.0710 e. The number of ether oxygens (including phenoxy) is 1. The lowest BCUT2D eigenvalue weighted by molar-refractivity contribution is 0.108. The number of methoxy groups -OCH3 is 1. The maximum absolute atomic E-state index is 6.19. The number of halogens is 1. The van der Waals surface area contributed by atoms with Crippen LogP contribution in [0.1, 0.15) is 24.4 Å². The summed E-state index contributed by atoms with van der Waals surface area (Å²) in [7, 11) is 1.78. The number of hydrogen-bond acceptors (Lipinski definition) is 3. The van der Waals surface area contributed by atoms with Crippen molar-refractivity contribution in [1.82, 2.24) is 4.90 Å². The highest BCUT2D eigenvalue weighted by molar-refractivity contribution is 6.30. The van der Waals surface area contributed by atoms with Crippen molar-refractivity contribution in [2.45, 2.75) is 25.0 Å². The molecule has 0 aliphatic carbocycles. The SMILES string of the molecule is COC1CCN(CCC(N)c2cccc(Cl)c2)C1. The minimum absolute atomic E-state index is 0.0605. The Morgan fingerprint density at radius 1 is 1.56 bits per heavy atom. The van der Waals surface area contributed by atoms with E-state index in [9.17, 15) is 0 Å². The van der Waals surface area contributed by atoms with Crippen LogP contribution >= 0.6 is 11.6 Å². The van der Waals surface area contributed by atoms with Crippen molar-refractivity contribution in [2.24, 2.45) is 5.73 Å². The quantitative estimate of drug-likeness (QED) is 0.892. The first-order valence-electron chi connectivity index (χ1n) is 6.45. The summed E-state index contributed by atoms with van der Waals surface area (Å²) in [5.74, 6) is 0. The molecule has 3 nitrogen and oxygen atoms in total. The van der Waals surface area contributed by atoms with Gasteiger partial charge < -0.3 is 15.4 Å². The van der Waals surface area contributed by atoms with Crippen LogP contribution in [-0.4, -0.2) is 37.7 Å². The van der Waals surface area contributed by atoms with Crippen LogP contribution in [0.4, 0.5) is 0 Å². The lowest BCUT2D eigenvalue weighted by Gasteiger charge is -2.19. The van der Waals surface area contributed by atoms with E-state index >= 15 is 0 Å². The lowest BCUT2D eigenvalue weighted by Crippen LogP contribution is -2.26. The summed E-state index contributed by atoms with van der Waals surface area (Å²) < 4.78 is 5.36. The van der Waals surface area contributed by atoms with Crippen molar-refractivity contribution < 1.29 is 4.74 Å². The summed E-state index contributed by atoms with van der Waals surface area (Å²) >= 11 is 5.97. The van der Waals surface area contributed by atoms with Gasteiger partial charge in [0.2, 0.25) is 0 Å². The molecule has 1 aliphatic rings. The fraction of sp³-hybridized carbons (Fsp3) is 0.571. The molecule has 1 aliphatic heterocycles. The fourth-order valence-corrected chi connectivity index (χ4v) is 2.62. The molecule has 0 radical (unpaired) electrons. The summed E-state index contributed by atoms with van der Waals surface area (Å²) in [6.45, 7) is 3.16. The molecule has 2 N–H and O–H groups in total. The molecule has 0 aromatic heterocycles. The first-order valence-corrected chi connectivity index (χ1v) is 6.83. The number of likely N-dealkylation sites (tertiary alicyclic amines) is 1. The van der Waals surface area contributed by atoms with Crippen molar-refractivity contribution >= 4 is 11.6 Å². The molecule has 1 fully saturated rings. The van der Waals surface area contributed by atoms with Gasteiger partial charge in [0.25, 0.3) is 0 Å². The van der Waals surface area contributed by atoms with E-state index in [2.05, 4.69) is 4.90 Å². The summed E-state index contributed by atoms with van der Waals surface area (Å²) in [4.78, 5) is 2.42. The molecule has 0 bridgehead atoms. The molecule has 2 atom stereocenters. The van der Waals surface area contributed by atoms with Crippen molar-refractivity contribution in [3.8, 4) is 0 Å². The molecule has 4 heteroatoms. The summed E-state index contributed by atoms with van der Waals surface area (Å²) in [5, 5.41) is 0.753. The molecule has 100 valence electrons. The molecule has 1 saturated heterocycles. The molecule has 0 spiro atoms. The Balaban J connectivity index is 1.80. The van der Waals surface area contributed by atoms with E-state index in [0.29, 0.717) is 6.10 Å². The molecule has 1 aromatic rings. The Bertz CT molecular complexity index is 386. The zero-order chi connectivity index (χ0) is 13.0. The van der Waals surface area contributed by atoms with Gasteiger partial charge in [-0.25, -0.2) is 0 Å². The van der Waals surface area contributed by atoms with Gasteiger partial charge in [0, 0.05) is 37.8 Å². The molecule has 2 rings (SSSR count). The van der Waals surface area contributed by atoms with Gasteiger partial charge >= 0.3 is 0 Å². The lowest BCUT2D eigenvalue weighted by atomic mass is 10.0. The Morgan fingerprint density at radius 3 is 3.06 bits per heavy atom. The van der Waals surface area contributed by atoms with E-state index < -0.39 is 0 Å². The molecule has 0 saturated carbocycles. The number of nitrogens with two attached hydrogens (primary N) is 1. The van der Waals surface area contributed by atoms with Gasteiger partial charge in [0.05, 0.1) is 6.10 Å². The third-order valence-electron chi connectivity index (χ3n) is 3.60. The van der Waals surface area contributed by atoms with Crippen LogP contribution in [0.5, 0.6) is 0 Å². The van der Waals surface area contributed by atoms with E-state index in [0.717, 1.165) is 43.1 Å². The first-order chi connectivity index (χ1) is 8.69. The molecule has 1 heterocycles. The van der Waals surface area contributed by atoms with Gasteiger partial charge in [0.15, 0.2) is 0 Å². The van der Waals surface area contributed by atoms with Gasteiger partial charge in [-0.1, -0.05) is 23.7 Å². The summed E-state index contributed by atoms with van der Waals surface area (Å²) in [6.07, 6.45) is 2.48. The van der Waals surface area contributed by atoms with E-state index in [1.54, 1.807) is 7.11 Å². The number of rotatable bonds is 5. The monoisotopic (exact) mass is 268 g/mol. The van der Waals surface area contributed by atoms with Crippen molar-refractivity contribution in [3.05, 3.63) is 34.9 Å². The molecular formula is C14H21ClN2O. The van der Waals surface area contributed by atoms with Gasteiger partial charge in [-0.05, 0) is 30.5 Å². The maximum atomic E-state index is 6.19. The van der Waals surface area contributed by atoms with E-state index in [4.69, 9.17) is 22.1 Å². The van der Waals surface area contributed by atoms with E-state index in [1.807, 2.05) is 24.3 Å². The van der Waals surface area contributed by atoms with E-state index in [1.165, 1.54) is 0 Å². The van der Waals surface area contributed by atoms with Gasteiger partial charge in [-0.2, -0.15) is 0 Å². The second kappa shape index (κ2) is 6.53. The zero-order valence-corrected chi connectivity index (χ0v) is 11.6. The largest absolute Gasteiger partial charge is 0.380 e. The summed E-state index contributed by atoms with van der Waals surface area (Å²) in [6, 6.07) is 7.88. The number of nitrogens with zero attached hydrogens (tertiary/aromatic N) is 1. The van der Waals surface area contributed by atoms with Gasteiger partial charge in [-0.15, -0.1) is 0 Å². The van der Waals surface area contributed by atoms with Crippen LogP contribution in [0, 0.1) is 0 Å². The van der Waals surface area contributed by atoms with Crippen LogP contribution in [-0.2, 0) is 4.74 Å². The Morgan fingerprint density at radius 2 is 2.39 bits per heavy atom. The van der Waals surface area contributed by atoms with Crippen LogP contribution < -0.4 is 5.73 Å². The minimum Gasteiger partial charge on any atom is -0.380 e. The van der Waals surface area contributed by atoms with Crippen LogP contribution in [0.3, 0.4) is 0 Å². The smallest absolute Gasteiger partial charge is 0.0710 e. The van der Waals surface area contributed by atoms with Gasteiger partial charge in [0.1, 0.15) is 0 Å². The molecule has 0 amide bonds. The average molecular weight is 269 g/mol. The zero-order valence-electron chi connectivity index (χ0n) is 10.8. The molecule has 2 unspecified atom stereocenters. The van der Waals surface area contributed by atoms with Crippen LogP contribution in [0.2, 0.25) is 5.02 Å². The Hall–Kier alpha value is -0.610.